The molecular formula is C13H12N2O3S2. The number of hydrogen-bond acceptors (Lipinski definition) is 6. The third kappa shape index (κ3) is 5.02. The Balaban J connectivity index is 1.80. The highest BCUT2D eigenvalue weighted by molar-refractivity contribution is 8.00. The van der Waals surface area contributed by atoms with E-state index in [0.717, 1.165) is 27.5 Å². The van der Waals surface area contributed by atoms with E-state index in [4.69, 9.17) is 9.84 Å². The van der Waals surface area contributed by atoms with Crippen LogP contribution in [0.1, 0.15) is 5.56 Å². The van der Waals surface area contributed by atoms with Crippen molar-refractivity contribution in [1.29, 1.82) is 0 Å². The van der Waals surface area contributed by atoms with Crippen LogP contribution in [0.5, 0.6) is 5.75 Å². The first-order valence-corrected chi connectivity index (χ1v) is 7.53. The lowest BCUT2D eigenvalue weighted by Crippen LogP contribution is -2.00. The van der Waals surface area contributed by atoms with E-state index < -0.39 is 5.97 Å². The van der Waals surface area contributed by atoms with Crippen LogP contribution < -0.4 is 4.74 Å². The molecule has 1 aromatic carbocycles. The molecule has 0 unspecified atom stereocenters. The Morgan fingerprint density at radius 3 is 3.15 bits per heavy atom. The minimum Gasteiger partial charge on any atom is -0.493 e. The molecule has 104 valence electrons. The molecule has 0 atom stereocenters. The van der Waals surface area contributed by atoms with Crippen molar-refractivity contribution in [2.75, 3.05) is 12.4 Å². The molecule has 7 heteroatoms. The minimum atomic E-state index is -0.968. The van der Waals surface area contributed by atoms with Gasteiger partial charge in [0.25, 0.3) is 0 Å². The highest BCUT2D eigenvalue weighted by Gasteiger charge is 1.99. The monoisotopic (exact) mass is 308 g/mol. The number of aliphatic carboxylic acids is 1. The number of thioether (sulfide) groups is 1. The van der Waals surface area contributed by atoms with E-state index in [9.17, 15) is 4.79 Å². The van der Waals surface area contributed by atoms with Crippen LogP contribution in [-0.2, 0) is 4.79 Å². The van der Waals surface area contributed by atoms with E-state index in [1.807, 2.05) is 18.2 Å². The summed E-state index contributed by atoms with van der Waals surface area (Å²) in [4.78, 5) is 14.5. The van der Waals surface area contributed by atoms with Gasteiger partial charge in [0.1, 0.15) is 12.1 Å². The van der Waals surface area contributed by atoms with Gasteiger partial charge in [0.15, 0.2) is 4.34 Å². The zero-order chi connectivity index (χ0) is 14.2. The molecule has 0 aliphatic heterocycles. The average molecular weight is 308 g/mol. The average Bonchev–Trinajstić information content (AvgIpc) is 2.95. The minimum absolute atomic E-state index is 0.552. The van der Waals surface area contributed by atoms with Crippen LogP contribution in [0.4, 0.5) is 0 Å². The predicted octanol–water partition coefficient (Wildman–Crippen LogP) is 2.81. The van der Waals surface area contributed by atoms with Crippen LogP contribution in [0.25, 0.3) is 6.08 Å². The van der Waals surface area contributed by atoms with Crippen molar-refractivity contribution in [2.45, 2.75) is 4.34 Å². The summed E-state index contributed by atoms with van der Waals surface area (Å²) in [7, 11) is 0. The van der Waals surface area contributed by atoms with Gasteiger partial charge in [-0.05, 0) is 35.3 Å². The van der Waals surface area contributed by atoms with Gasteiger partial charge in [0.2, 0.25) is 0 Å². The second kappa shape index (κ2) is 7.66. The molecule has 2 aromatic rings. The summed E-state index contributed by atoms with van der Waals surface area (Å²) in [5, 5.41) is 8.58. The van der Waals surface area contributed by atoms with E-state index in [2.05, 4.69) is 9.36 Å². The van der Waals surface area contributed by atoms with Crippen LogP contribution in [0.2, 0.25) is 0 Å². The largest absolute Gasteiger partial charge is 0.493 e. The lowest BCUT2D eigenvalue weighted by molar-refractivity contribution is -0.131. The van der Waals surface area contributed by atoms with Gasteiger partial charge in [-0.15, -0.1) is 0 Å². The maximum absolute atomic E-state index is 10.5. The van der Waals surface area contributed by atoms with Gasteiger partial charge >= 0.3 is 5.97 Å². The van der Waals surface area contributed by atoms with Crippen molar-refractivity contribution >= 4 is 35.3 Å². The zero-order valence-electron chi connectivity index (χ0n) is 10.4. The molecule has 0 saturated carbocycles. The number of carbonyl (C=O) groups is 1. The molecule has 0 aliphatic carbocycles. The Labute approximate surface area is 124 Å². The lowest BCUT2D eigenvalue weighted by atomic mass is 10.2. The first kappa shape index (κ1) is 14.5. The number of carboxylic acid groups (broad SMARTS) is 1. The van der Waals surface area contributed by atoms with E-state index in [0.29, 0.717) is 6.61 Å². The topological polar surface area (TPSA) is 72.3 Å². The summed E-state index contributed by atoms with van der Waals surface area (Å²) < 4.78 is 10.4. The van der Waals surface area contributed by atoms with Gasteiger partial charge in [0.05, 0.1) is 6.61 Å². The summed E-state index contributed by atoms with van der Waals surface area (Å²) in [6.45, 7) is 0.552. The quantitative estimate of drug-likeness (QED) is 0.482. The third-order valence-corrected chi connectivity index (χ3v) is 3.96. The number of nitrogens with zero attached hydrogens (tertiary/aromatic N) is 2. The normalized spacial score (nSPS) is 10.8. The van der Waals surface area contributed by atoms with Crippen molar-refractivity contribution in [3.05, 3.63) is 42.2 Å². The second-order valence-electron chi connectivity index (χ2n) is 3.65. The molecule has 0 amide bonds. The van der Waals surface area contributed by atoms with Crippen LogP contribution in [0.15, 0.2) is 41.0 Å². The van der Waals surface area contributed by atoms with Crippen molar-refractivity contribution in [3.63, 3.8) is 0 Å². The maximum atomic E-state index is 10.5. The second-order valence-corrected chi connectivity index (χ2v) is 5.77. The molecule has 0 fully saturated rings. The molecule has 0 bridgehead atoms. The molecular weight excluding hydrogens is 296 g/mol. The molecule has 1 heterocycles. The van der Waals surface area contributed by atoms with Crippen molar-refractivity contribution < 1.29 is 14.6 Å². The summed E-state index contributed by atoms with van der Waals surface area (Å²) in [6.07, 6.45) is 4.17. The molecule has 1 N–H and O–H groups in total. The molecule has 0 spiro atoms. The zero-order valence-corrected chi connectivity index (χ0v) is 12.1. The fraction of sp³-hybridized carbons (Fsp3) is 0.154. The molecule has 0 aliphatic rings. The number of ether oxygens (including phenoxy) is 1. The number of carboxylic acids is 1. The van der Waals surface area contributed by atoms with Gasteiger partial charge in [-0.3, -0.25) is 0 Å². The molecule has 2 rings (SSSR count). The molecule has 20 heavy (non-hydrogen) atoms. The Morgan fingerprint density at radius 1 is 1.50 bits per heavy atom. The van der Waals surface area contributed by atoms with E-state index in [1.54, 1.807) is 17.8 Å². The first-order chi connectivity index (χ1) is 9.74. The van der Waals surface area contributed by atoms with Crippen molar-refractivity contribution in [2.24, 2.45) is 0 Å². The third-order valence-electron chi connectivity index (χ3n) is 2.20. The van der Waals surface area contributed by atoms with Crippen LogP contribution in [0.3, 0.4) is 0 Å². The number of rotatable bonds is 7. The van der Waals surface area contributed by atoms with E-state index in [-0.39, 0.29) is 0 Å². The van der Waals surface area contributed by atoms with Gasteiger partial charge in [-0.25, -0.2) is 9.78 Å². The highest BCUT2D eigenvalue weighted by atomic mass is 32.2. The van der Waals surface area contributed by atoms with E-state index >= 15 is 0 Å². The van der Waals surface area contributed by atoms with Crippen molar-refractivity contribution in [3.8, 4) is 5.75 Å². The summed E-state index contributed by atoms with van der Waals surface area (Å²) in [5.74, 6) is 0.532. The van der Waals surface area contributed by atoms with Gasteiger partial charge < -0.3 is 9.84 Å². The molecule has 0 radical (unpaired) electrons. The SMILES string of the molecule is O=C(O)/C=C/c1cccc(OCCSc2ncns2)c1. The summed E-state index contributed by atoms with van der Waals surface area (Å²) in [5.41, 5.74) is 0.793. The smallest absolute Gasteiger partial charge is 0.328 e. The fourth-order valence-corrected chi connectivity index (χ4v) is 2.72. The standard InChI is InChI=1S/C13H12N2O3S2/c16-12(17)5-4-10-2-1-3-11(8-10)18-6-7-19-13-14-9-15-20-13/h1-5,8-9H,6-7H2,(H,16,17)/b5-4+. The van der Waals surface area contributed by atoms with Crippen molar-refractivity contribution in [1.82, 2.24) is 9.36 Å². The van der Waals surface area contributed by atoms with Gasteiger partial charge in [0, 0.05) is 11.8 Å². The lowest BCUT2D eigenvalue weighted by Gasteiger charge is -2.05. The van der Waals surface area contributed by atoms with Crippen LogP contribution >= 0.6 is 23.3 Å². The first-order valence-electron chi connectivity index (χ1n) is 5.77. The van der Waals surface area contributed by atoms with E-state index in [1.165, 1.54) is 23.9 Å². The Hall–Kier alpha value is -1.86. The highest BCUT2D eigenvalue weighted by Crippen LogP contribution is 2.19. The number of aromatic nitrogens is 2. The number of benzene rings is 1. The Morgan fingerprint density at radius 2 is 2.40 bits per heavy atom. The fourth-order valence-electron chi connectivity index (χ4n) is 1.39. The van der Waals surface area contributed by atoms with Gasteiger partial charge in [-0.2, -0.15) is 4.37 Å². The predicted molar refractivity (Wildman–Crippen MR) is 79.2 cm³/mol. The maximum Gasteiger partial charge on any atom is 0.328 e. The molecule has 1 aromatic heterocycles. The van der Waals surface area contributed by atoms with Crippen LogP contribution in [0, 0.1) is 0 Å². The number of hydrogen-bond donors (Lipinski definition) is 1. The van der Waals surface area contributed by atoms with Crippen LogP contribution in [-0.4, -0.2) is 32.8 Å². The van der Waals surface area contributed by atoms with Gasteiger partial charge in [-0.1, -0.05) is 23.9 Å². The summed E-state index contributed by atoms with van der Waals surface area (Å²) >= 11 is 2.96. The summed E-state index contributed by atoms with van der Waals surface area (Å²) in [6, 6.07) is 7.29. The molecule has 5 nitrogen and oxygen atoms in total. The molecule has 0 saturated heterocycles. The Kier molecular flexibility index (Phi) is 5.57. The Bertz CT molecular complexity index is 585.